The Labute approximate surface area is 151 Å². The van der Waals surface area contributed by atoms with E-state index in [1.807, 2.05) is 25.1 Å². The number of hydrogen-bond donors (Lipinski definition) is 3. The number of nitrogens with two attached hydrogens (primary N) is 1. The summed E-state index contributed by atoms with van der Waals surface area (Å²) >= 11 is 0. The maximum atomic E-state index is 9.65. The molecule has 26 heavy (non-hydrogen) atoms. The van der Waals surface area contributed by atoms with E-state index in [9.17, 15) is 10.2 Å². The van der Waals surface area contributed by atoms with E-state index in [2.05, 4.69) is 16.3 Å². The first-order valence-electron chi connectivity index (χ1n) is 8.63. The average molecular weight is 351 g/mol. The first kappa shape index (κ1) is 16.8. The van der Waals surface area contributed by atoms with Crippen molar-refractivity contribution in [3.05, 3.63) is 53.1 Å². The van der Waals surface area contributed by atoms with E-state index in [4.69, 9.17) is 10.2 Å². The van der Waals surface area contributed by atoms with Crippen molar-refractivity contribution in [2.75, 3.05) is 6.61 Å². The van der Waals surface area contributed by atoms with Crippen molar-refractivity contribution in [3.63, 3.8) is 0 Å². The third-order valence-electron chi connectivity index (χ3n) is 5.07. The van der Waals surface area contributed by atoms with Gasteiger partial charge in [0.05, 0.1) is 6.61 Å². The Balaban J connectivity index is 1.66. The molecule has 2 aromatic carbocycles. The Kier molecular flexibility index (Phi) is 4.01. The number of phenols is 1. The van der Waals surface area contributed by atoms with Crippen LogP contribution in [0, 0.1) is 6.92 Å². The van der Waals surface area contributed by atoms with Crippen LogP contribution in [0.4, 0.5) is 0 Å². The van der Waals surface area contributed by atoms with E-state index >= 15 is 0 Å². The van der Waals surface area contributed by atoms with Gasteiger partial charge in [-0.15, -0.1) is 10.2 Å². The number of nitrogens with zero attached hydrogens (tertiary/aromatic N) is 2. The van der Waals surface area contributed by atoms with E-state index < -0.39 is 5.54 Å². The van der Waals surface area contributed by atoms with E-state index in [1.165, 1.54) is 5.56 Å². The Morgan fingerprint density at radius 3 is 2.46 bits per heavy atom. The highest BCUT2D eigenvalue weighted by Gasteiger charge is 2.30. The van der Waals surface area contributed by atoms with Crippen molar-refractivity contribution in [3.8, 4) is 28.7 Å². The zero-order chi connectivity index (χ0) is 18.3. The number of rotatable bonds is 3. The minimum absolute atomic E-state index is 0.0262. The Morgan fingerprint density at radius 2 is 1.77 bits per heavy atom. The van der Waals surface area contributed by atoms with Gasteiger partial charge in [-0.1, -0.05) is 6.07 Å². The summed E-state index contributed by atoms with van der Waals surface area (Å²) in [5.74, 6) is 1.08. The Bertz CT molecular complexity index is 967. The van der Waals surface area contributed by atoms with Gasteiger partial charge in [-0.3, -0.25) is 0 Å². The summed E-state index contributed by atoms with van der Waals surface area (Å²) in [5.41, 5.74) is 10.4. The Hall–Kier alpha value is -2.70. The van der Waals surface area contributed by atoms with Crippen molar-refractivity contribution in [2.24, 2.45) is 5.73 Å². The lowest BCUT2D eigenvalue weighted by molar-refractivity contribution is 0.181. The van der Waals surface area contributed by atoms with E-state index in [0.717, 1.165) is 35.1 Å². The van der Waals surface area contributed by atoms with Gasteiger partial charge < -0.3 is 20.4 Å². The Morgan fingerprint density at radius 1 is 1.08 bits per heavy atom. The van der Waals surface area contributed by atoms with Crippen molar-refractivity contribution in [1.82, 2.24) is 10.2 Å². The summed E-state index contributed by atoms with van der Waals surface area (Å²) in [4.78, 5) is 0. The molecule has 6 nitrogen and oxygen atoms in total. The molecule has 0 unspecified atom stereocenters. The SMILES string of the molecule is Cc1cc(-c2nnc(-c3ccc4c(c3)C[C@](N)(CO)CC4)o2)ccc1O. The lowest BCUT2D eigenvalue weighted by atomic mass is 9.78. The van der Waals surface area contributed by atoms with Crippen LogP contribution in [0.15, 0.2) is 40.8 Å². The number of aromatic nitrogens is 2. The summed E-state index contributed by atoms with van der Waals surface area (Å²) in [6.07, 6.45) is 2.26. The van der Waals surface area contributed by atoms with Crippen LogP contribution in [0.3, 0.4) is 0 Å². The van der Waals surface area contributed by atoms with Gasteiger partial charge in [-0.25, -0.2) is 0 Å². The van der Waals surface area contributed by atoms with Crippen LogP contribution in [-0.2, 0) is 12.8 Å². The second-order valence-electron chi connectivity index (χ2n) is 7.09. The fraction of sp³-hybridized carbons (Fsp3) is 0.300. The standard InChI is InChI=1S/C20H21N3O3/c1-12-8-14(4-5-17(12)25)18-22-23-19(26-18)15-3-2-13-6-7-20(21,11-24)10-16(13)9-15/h2-5,8-9,24-25H,6-7,10-11,21H2,1H3/t20-/m0/s1. The zero-order valence-electron chi connectivity index (χ0n) is 14.6. The molecule has 0 aliphatic heterocycles. The van der Waals surface area contributed by atoms with E-state index in [-0.39, 0.29) is 12.4 Å². The third kappa shape index (κ3) is 2.98. The highest BCUT2D eigenvalue weighted by atomic mass is 16.4. The smallest absolute Gasteiger partial charge is 0.248 e. The van der Waals surface area contributed by atoms with Crippen molar-refractivity contribution >= 4 is 0 Å². The molecule has 134 valence electrons. The molecule has 0 saturated heterocycles. The van der Waals surface area contributed by atoms with Gasteiger partial charge in [0.15, 0.2) is 0 Å². The normalized spacial score (nSPS) is 19.3. The summed E-state index contributed by atoms with van der Waals surface area (Å²) in [6.45, 7) is 1.79. The maximum Gasteiger partial charge on any atom is 0.248 e. The van der Waals surface area contributed by atoms with Crippen molar-refractivity contribution in [1.29, 1.82) is 0 Å². The minimum Gasteiger partial charge on any atom is -0.508 e. The predicted molar refractivity (Wildman–Crippen MR) is 97.6 cm³/mol. The van der Waals surface area contributed by atoms with Crippen LogP contribution in [0.25, 0.3) is 22.9 Å². The molecule has 0 amide bonds. The fourth-order valence-corrected chi connectivity index (χ4v) is 3.40. The van der Waals surface area contributed by atoms with Crippen LogP contribution in [-0.4, -0.2) is 32.6 Å². The van der Waals surface area contributed by atoms with Gasteiger partial charge in [0.25, 0.3) is 0 Å². The van der Waals surface area contributed by atoms with Crippen molar-refractivity contribution in [2.45, 2.75) is 31.7 Å². The molecule has 3 aromatic rings. The lowest BCUT2D eigenvalue weighted by Gasteiger charge is -2.33. The molecule has 4 N–H and O–H groups in total. The number of aromatic hydroxyl groups is 1. The van der Waals surface area contributed by atoms with Gasteiger partial charge in [-0.05, 0) is 73.2 Å². The molecule has 4 rings (SSSR count). The van der Waals surface area contributed by atoms with Gasteiger partial charge in [-0.2, -0.15) is 0 Å². The number of phenolic OH excluding ortho intramolecular Hbond substituents is 1. The summed E-state index contributed by atoms with van der Waals surface area (Å²) in [7, 11) is 0. The molecule has 1 aliphatic rings. The first-order chi connectivity index (χ1) is 12.5. The second-order valence-corrected chi connectivity index (χ2v) is 7.09. The number of hydrogen-bond acceptors (Lipinski definition) is 6. The molecule has 0 saturated carbocycles. The summed E-state index contributed by atoms with van der Waals surface area (Å²) in [5, 5.41) is 27.5. The minimum atomic E-state index is -0.560. The average Bonchev–Trinajstić information content (AvgIpc) is 3.13. The zero-order valence-corrected chi connectivity index (χ0v) is 14.6. The molecular weight excluding hydrogens is 330 g/mol. The highest BCUT2D eigenvalue weighted by molar-refractivity contribution is 5.61. The summed E-state index contributed by atoms with van der Waals surface area (Å²) in [6, 6.07) is 11.2. The van der Waals surface area contributed by atoms with Gasteiger partial charge in [0.2, 0.25) is 11.8 Å². The van der Waals surface area contributed by atoms with Crippen molar-refractivity contribution < 1.29 is 14.6 Å². The van der Waals surface area contributed by atoms with E-state index in [1.54, 1.807) is 12.1 Å². The monoisotopic (exact) mass is 351 g/mol. The quantitative estimate of drug-likeness (QED) is 0.670. The largest absolute Gasteiger partial charge is 0.508 e. The molecule has 0 radical (unpaired) electrons. The van der Waals surface area contributed by atoms with Crippen LogP contribution < -0.4 is 5.73 Å². The number of benzene rings is 2. The number of aliphatic hydroxyl groups is 1. The van der Waals surface area contributed by atoms with Crippen LogP contribution in [0.1, 0.15) is 23.1 Å². The van der Waals surface area contributed by atoms with E-state index in [0.29, 0.717) is 18.2 Å². The molecule has 1 aromatic heterocycles. The number of aryl methyl sites for hydroxylation is 2. The molecule has 1 heterocycles. The van der Waals surface area contributed by atoms with Gasteiger partial charge in [0, 0.05) is 16.7 Å². The lowest BCUT2D eigenvalue weighted by Crippen LogP contribution is -2.48. The fourth-order valence-electron chi connectivity index (χ4n) is 3.40. The van der Waals surface area contributed by atoms with Crippen LogP contribution in [0.2, 0.25) is 0 Å². The molecular formula is C20H21N3O3. The van der Waals surface area contributed by atoms with Crippen LogP contribution in [0.5, 0.6) is 5.75 Å². The first-order valence-corrected chi connectivity index (χ1v) is 8.63. The predicted octanol–water partition coefficient (Wildman–Crippen LogP) is 2.60. The molecule has 0 bridgehead atoms. The maximum absolute atomic E-state index is 9.65. The van der Waals surface area contributed by atoms with Crippen LogP contribution >= 0.6 is 0 Å². The molecule has 1 atom stereocenters. The summed E-state index contributed by atoms with van der Waals surface area (Å²) < 4.78 is 5.84. The molecule has 1 aliphatic carbocycles. The number of fused-ring (bicyclic) bond motifs is 1. The molecule has 6 heteroatoms. The second kappa shape index (κ2) is 6.23. The molecule has 0 spiro atoms. The van der Waals surface area contributed by atoms with Gasteiger partial charge in [0.1, 0.15) is 5.75 Å². The number of aliphatic hydroxyl groups excluding tert-OH is 1. The molecule has 0 fully saturated rings. The van der Waals surface area contributed by atoms with Gasteiger partial charge >= 0.3 is 0 Å². The third-order valence-corrected chi connectivity index (χ3v) is 5.07. The highest BCUT2D eigenvalue weighted by Crippen LogP contribution is 2.32. The topological polar surface area (TPSA) is 105 Å².